The van der Waals surface area contributed by atoms with Crippen molar-refractivity contribution in [2.75, 3.05) is 28.6 Å². The van der Waals surface area contributed by atoms with Crippen LogP contribution in [0.4, 0.5) is 17.2 Å². The average molecular weight is 324 g/mol. The number of pyridine rings is 1. The van der Waals surface area contributed by atoms with Crippen LogP contribution in [0.15, 0.2) is 42.6 Å². The van der Waals surface area contributed by atoms with E-state index in [1.165, 1.54) is 19.8 Å². The van der Waals surface area contributed by atoms with Crippen LogP contribution >= 0.6 is 0 Å². The van der Waals surface area contributed by atoms with Crippen LogP contribution in [-0.2, 0) is 4.79 Å². The normalized spacial score (nSPS) is 13.6. The van der Waals surface area contributed by atoms with E-state index >= 15 is 0 Å². The van der Waals surface area contributed by atoms with Gasteiger partial charge in [0.1, 0.15) is 5.82 Å². The van der Waals surface area contributed by atoms with E-state index in [9.17, 15) is 9.59 Å². The predicted octanol–water partition coefficient (Wildman–Crippen LogP) is 2.89. The molecule has 0 unspecified atom stereocenters. The molecule has 6 heteroatoms. The molecule has 1 aromatic heterocycles. The maximum atomic E-state index is 12.3. The summed E-state index contributed by atoms with van der Waals surface area (Å²) in [7, 11) is 0. The zero-order valence-electron chi connectivity index (χ0n) is 13.6. The first kappa shape index (κ1) is 16.0. The maximum Gasteiger partial charge on any atom is 0.255 e. The van der Waals surface area contributed by atoms with Crippen LogP contribution in [0, 0.1) is 0 Å². The van der Waals surface area contributed by atoms with Gasteiger partial charge in [-0.1, -0.05) is 0 Å². The number of amides is 2. The molecule has 2 N–H and O–H groups in total. The van der Waals surface area contributed by atoms with Crippen molar-refractivity contribution in [3.8, 4) is 0 Å². The van der Waals surface area contributed by atoms with Gasteiger partial charge in [0.25, 0.3) is 5.91 Å². The molecule has 2 heterocycles. The Kier molecular flexibility index (Phi) is 4.74. The summed E-state index contributed by atoms with van der Waals surface area (Å²) in [6.45, 7) is 3.53. The second-order valence-corrected chi connectivity index (χ2v) is 5.81. The summed E-state index contributed by atoms with van der Waals surface area (Å²) >= 11 is 0. The van der Waals surface area contributed by atoms with Gasteiger partial charge in [0, 0.05) is 31.3 Å². The number of carbonyl (C=O) groups excluding carboxylic acids is 2. The number of hydrogen-bond acceptors (Lipinski definition) is 4. The van der Waals surface area contributed by atoms with Crippen LogP contribution in [0.2, 0.25) is 0 Å². The van der Waals surface area contributed by atoms with E-state index in [-0.39, 0.29) is 11.8 Å². The highest BCUT2D eigenvalue weighted by Gasteiger charge is 2.13. The molecule has 0 atom stereocenters. The average Bonchev–Trinajstić information content (AvgIpc) is 3.10. The number of anilines is 3. The highest BCUT2D eigenvalue weighted by Crippen LogP contribution is 2.19. The Hall–Kier alpha value is -2.89. The van der Waals surface area contributed by atoms with Gasteiger partial charge in [0.2, 0.25) is 5.91 Å². The Morgan fingerprint density at radius 3 is 2.21 bits per heavy atom. The van der Waals surface area contributed by atoms with E-state index < -0.39 is 0 Å². The number of benzene rings is 1. The number of aromatic nitrogens is 1. The smallest absolute Gasteiger partial charge is 0.255 e. The van der Waals surface area contributed by atoms with Crippen LogP contribution in [0.5, 0.6) is 0 Å². The standard InChI is InChI=1S/C18H20N4O2/c1-13(23)20-15-6-4-14(5-7-15)18(24)21-16-8-9-17(19-12-16)22-10-2-3-11-22/h4-9,12H,2-3,10-11H2,1H3,(H,20,23)(H,21,24). The Labute approximate surface area is 140 Å². The molecular weight excluding hydrogens is 304 g/mol. The summed E-state index contributed by atoms with van der Waals surface area (Å²) in [5.74, 6) is 0.599. The summed E-state index contributed by atoms with van der Waals surface area (Å²) in [5.41, 5.74) is 1.84. The van der Waals surface area contributed by atoms with Crippen LogP contribution in [0.3, 0.4) is 0 Å². The molecule has 2 amide bonds. The predicted molar refractivity (Wildman–Crippen MR) is 94.4 cm³/mol. The van der Waals surface area contributed by atoms with Crippen molar-refractivity contribution in [1.82, 2.24) is 4.98 Å². The highest BCUT2D eigenvalue weighted by atomic mass is 16.2. The van der Waals surface area contributed by atoms with Crippen molar-refractivity contribution in [2.24, 2.45) is 0 Å². The highest BCUT2D eigenvalue weighted by molar-refractivity contribution is 6.04. The third-order valence-corrected chi connectivity index (χ3v) is 3.90. The summed E-state index contributed by atoms with van der Waals surface area (Å²) in [6, 6.07) is 10.5. The second-order valence-electron chi connectivity index (χ2n) is 5.81. The van der Waals surface area contributed by atoms with Gasteiger partial charge < -0.3 is 15.5 Å². The minimum Gasteiger partial charge on any atom is -0.357 e. The van der Waals surface area contributed by atoms with E-state index in [1.807, 2.05) is 12.1 Å². The molecule has 6 nitrogen and oxygen atoms in total. The van der Waals surface area contributed by atoms with E-state index in [0.29, 0.717) is 16.9 Å². The van der Waals surface area contributed by atoms with Gasteiger partial charge in [-0.05, 0) is 49.2 Å². The molecule has 0 radical (unpaired) electrons. The number of nitrogens with zero attached hydrogens (tertiary/aromatic N) is 2. The quantitative estimate of drug-likeness (QED) is 0.907. The number of rotatable bonds is 4. The number of hydrogen-bond donors (Lipinski definition) is 2. The molecule has 0 aliphatic carbocycles. The zero-order chi connectivity index (χ0) is 16.9. The van der Waals surface area contributed by atoms with Crippen molar-refractivity contribution in [1.29, 1.82) is 0 Å². The molecule has 0 saturated carbocycles. The third kappa shape index (κ3) is 3.90. The van der Waals surface area contributed by atoms with Crippen molar-refractivity contribution in [3.05, 3.63) is 48.2 Å². The van der Waals surface area contributed by atoms with Crippen LogP contribution in [0.25, 0.3) is 0 Å². The molecule has 24 heavy (non-hydrogen) atoms. The van der Waals surface area contributed by atoms with Gasteiger partial charge in [-0.2, -0.15) is 0 Å². The summed E-state index contributed by atoms with van der Waals surface area (Å²) < 4.78 is 0. The van der Waals surface area contributed by atoms with Crippen molar-refractivity contribution >= 4 is 29.0 Å². The molecule has 0 spiro atoms. The van der Waals surface area contributed by atoms with Gasteiger partial charge in [0.05, 0.1) is 11.9 Å². The molecule has 1 fully saturated rings. The second kappa shape index (κ2) is 7.12. The van der Waals surface area contributed by atoms with Crippen molar-refractivity contribution in [3.63, 3.8) is 0 Å². The first-order valence-electron chi connectivity index (χ1n) is 8.02. The lowest BCUT2D eigenvalue weighted by molar-refractivity contribution is -0.114. The van der Waals surface area contributed by atoms with Gasteiger partial charge >= 0.3 is 0 Å². The fraction of sp³-hybridized carbons (Fsp3) is 0.278. The summed E-state index contributed by atoms with van der Waals surface area (Å²) in [5, 5.41) is 5.50. The van der Waals surface area contributed by atoms with E-state index in [2.05, 4.69) is 20.5 Å². The van der Waals surface area contributed by atoms with E-state index in [0.717, 1.165) is 18.9 Å². The third-order valence-electron chi connectivity index (χ3n) is 3.90. The first-order chi connectivity index (χ1) is 11.6. The lowest BCUT2D eigenvalue weighted by Gasteiger charge is -2.16. The van der Waals surface area contributed by atoms with Crippen LogP contribution < -0.4 is 15.5 Å². The minimum absolute atomic E-state index is 0.142. The summed E-state index contributed by atoms with van der Waals surface area (Å²) in [6.07, 6.45) is 4.08. The van der Waals surface area contributed by atoms with Gasteiger partial charge in [-0.15, -0.1) is 0 Å². The van der Waals surface area contributed by atoms with Crippen molar-refractivity contribution in [2.45, 2.75) is 19.8 Å². The first-order valence-corrected chi connectivity index (χ1v) is 8.02. The Morgan fingerprint density at radius 1 is 0.958 bits per heavy atom. The lowest BCUT2D eigenvalue weighted by Crippen LogP contribution is -2.19. The largest absolute Gasteiger partial charge is 0.357 e. The van der Waals surface area contributed by atoms with Gasteiger partial charge in [-0.3, -0.25) is 9.59 Å². The van der Waals surface area contributed by atoms with Gasteiger partial charge in [-0.25, -0.2) is 4.98 Å². The molecule has 3 rings (SSSR count). The van der Waals surface area contributed by atoms with Crippen molar-refractivity contribution < 1.29 is 9.59 Å². The molecular formula is C18H20N4O2. The van der Waals surface area contributed by atoms with E-state index in [4.69, 9.17) is 0 Å². The Balaban J connectivity index is 1.62. The SMILES string of the molecule is CC(=O)Nc1ccc(C(=O)Nc2ccc(N3CCCC3)nc2)cc1. The zero-order valence-corrected chi connectivity index (χ0v) is 13.6. The minimum atomic E-state index is -0.208. The lowest BCUT2D eigenvalue weighted by atomic mass is 10.2. The molecule has 0 bridgehead atoms. The topological polar surface area (TPSA) is 74.3 Å². The molecule has 1 aromatic carbocycles. The molecule has 124 valence electrons. The maximum absolute atomic E-state index is 12.3. The van der Waals surface area contributed by atoms with Crippen LogP contribution in [-0.4, -0.2) is 29.9 Å². The monoisotopic (exact) mass is 324 g/mol. The molecule has 1 saturated heterocycles. The van der Waals surface area contributed by atoms with E-state index in [1.54, 1.807) is 30.5 Å². The molecule has 1 aliphatic heterocycles. The Morgan fingerprint density at radius 2 is 1.62 bits per heavy atom. The number of nitrogens with one attached hydrogen (secondary N) is 2. The van der Waals surface area contributed by atoms with Gasteiger partial charge in [0.15, 0.2) is 0 Å². The summed E-state index contributed by atoms with van der Waals surface area (Å²) in [4.78, 5) is 29.9. The fourth-order valence-corrected chi connectivity index (χ4v) is 2.70. The molecule has 2 aromatic rings. The van der Waals surface area contributed by atoms with Crippen LogP contribution in [0.1, 0.15) is 30.1 Å². The Bertz CT molecular complexity index is 720. The number of carbonyl (C=O) groups is 2. The molecule has 1 aliphatic rings. The fourth-order valence-electron chi connectivity index (χ4n) is 2.70.